The molecule has 0 radical (unpaired) electrons. The highest BCUT2D eigenvalue weighted by molar-refractivity contribution is 6.39. The number of fused-ring (bicyclic) bond motifs is 1. The molecule has 0 saturated carbocycles. The number of benzene rings is 1. The molecule has 0 N–H and O–H groups in total. The van der Waals surface area contributed by atoms with E-state index >= 15 is 0 Å². The van der Waals surface area contributed by atoms with Gasteiger partial charge in [0.2, 0.25) is 5.88 Å². The minimum atomic E-state index is -0.224. The quantitative estimate of drug-likeness (QED) is 0.357. The van der Waals surface area contributed by atoms with Gasteiger partial charge in [0, 0.05) is 34.8 Å². The molecule has 1 aliphatic heterocycles. The number of carbonyl (C=O) groups is 2. The zero-order chi connectivity index (χ0) is 22.7. The minimum Gasteiger partial charge on any atom is -0.477 e. The van der Waals surface area contributed by atoms with Gasteiger partial charge in [0.1, 0.15) is 0 Å². The van der Waals surface area contributed by atoms with Gasteiger partial charge in [-0.25, -0.2) is 4.98 Å². The summed E-state index contributed by atoms with van der Waals surface area (Å²) in [6, 6.07) is 3.58. The van der Waals surface area contributed by atoms with Crippen molar-refractivity contribution in [2.75, 3.05) is 13.2 Å². The lowest BCUT2D eigenvalue weighted by molar-refractivity contribution is 0.0725. The van der Waals surface area contributed by atoms with Crippen LogP contribution in [0.4, 0.5) is 0 Å². The van der Waals surface area contributed by atoms with E-state index in [9.17, 15) is 9.59 Å². The van der Waals surface area contributed by atoms with Crippen LogP contribution in [0.15, 0.2) is 12.1 Å². The minimum absolute atomic E-state index is 0.134. The second-order valence-electron chi connectivity index (χ2n) is 7.89. The summed E-state index contributed by atoms with van der Waals surface area (Å²) in [5, 5.41) is 0.611. The fraction of sp³-hybridized carbons (Fsp3) is 0.458. The lowest BCUT2D eigenvalue weighted by atomic mass is 9.94. The molecule has 0 spiro atoms. The van der Waals surface area contributed by atoms with Crippen molar-refractivity contribution in [3.63, 3.8) is 0 Å². The van der Waals surface area contributed by atoms with Crippen LogP contribution in [0, 0.1) is 13.8 Å². The number of pyridine rings is 1. The summed E-state index contributed by atoms with van der Waals surface area (Å²) in [6.07, 6.45) is 2.83. The molecule has 2 aromatic rings. The SMILES string of the molecule is CCCCOc1nc(C)cc(C)c1CN1CCc2c(Cl)cc(C(=O)CC)c(Cl)c2C1=O. The molecule has 2 heterocycles. The van der Waals surface area contributed by atoms with Gasteiger partial charge < -0.3 is 9.64 Å². The molecule has 31 heavy (non-hydrogen) atoms. The number of aromatic nitrogens is 1. The molecule has 1 amide bonds. The number of halogens is 2. The second kappa shape index (κ2) is 10.0. The van der Waals surface area contributed by atoms with Crippen LogP contribution in [0.25, 0.3) is 0 Å². The number of aryl methyl sites for hydroxylation is 2. The Kier molecular flexibility index (Phi) is 7.60. The Hall–Kier alpha value is -2.11. The van der Waals surface area contributed by atoms with E-state index in [4.69, 9.17) is 27.9 Å². The monoisotopic (exact) mass is 462 g/mol. The van der Waals surface area contributed by atoms with Crippen molar-refractivity contribution in [1.29, 1.82) is 0 Å². The van der Waals surface area contributed by atoms with Crippen LogP contribution in [0.1, 0.15) is 76.2 Å². The number of amides is 1. The highest BCUT2D eigenvalue weighted by atomic mass is 35.5. The third-order valence-electron chi connectivity index (χ3n) is 5.59. The molecule has 0 bridgehead atoms. The Bertz CT molecular complexity index is 1020. The van der Waals surface area contributed by atoms with Gasteiger partial charge in [0.15, 0.2) is 5.78 Å². The lowest BCUT2D eigenvalue weighted by Gasteiger charge is -2.31. The molecule has 0 fully saturated rings. The summed E-state index contributed by atoms with van der Waals surface area (Å²) in [5.74, 6) is 0.215. The van der Waals surface area contributed by atoms with E-state index in [1.54, 1.807) is 17.9 Å². The molecule has 1 aromatic carbocycles. The first-order valence-electron chi connectivity index (χ1n) is 10.7. The zero-order valence-corrected chi connectivity index (χ0v) is 20.0. The van der Waals surface area contributed by atoms with Gasteiger partial charge in [-0.2, -0.15) is 0 Å². The fourth-order valence-electron chi connectivity index (χ4n) is 3.83. The highest BCUT2D eigenvalue weighted by Gasteiger charge is 2.32. The summed E-state index contributed by atoms with van der Waals surface area (Å²) in [6.45, 7) is 9.24. The van der Waals surface area contributed by atoms with Crippen molar-refractivity contribution in [3.05, 3.63) is 55.7 Å². The second-order valence-corrected chi connectivity index (χ2v) is 8.68. The van der Waals surface area contributed by atoms with Crippen LogP contribution in [-0.4, -0.2) is 34.7 Å². The molecule has 1 aliphatic rings. The number of ketones is 1. The van der Waals surface area contributed by atoms with E-state index in [2.05, 4.69) is 11.9 Å². The van der Waals surface area contributed by atoms with Crippen LogP contribution in [0.3, 0.4) is 0 Å². The van der Waals surface area contributed by atoms with Gasteiger partial charge in [-0.1, -0.05) is 43.5 Å². The maximum absolute atomic E-state index is 13.4. The summed E-state index contributed by atoms with van der Waals surface area (Å²) < 4.78 is 5.95. The Morgan fingerprint density at radius 3 is 2.65 bits per heavy atom. The molecular weight excluding hydrogens is 435 g/mol. The van der Waals surface area contributed by atoms with Crippen molar-refractivity contribution in [2.45, 2.75) is 59.9 Å². The van der Waals surface area contributed by atoms with Crippen molar-refractivity contribution >= 4 is 34.9 Å². The maximum Gasteiger partial charge on any atom is 0.256 e. The van der Waals surface area contributed by atoms with Crippen LogP contribution < -0.4 is 4.74 Å². The predicted molar refractivity (Wildman–Crippen MR) is 124 cm³/mol. The van der Waals surface area contributed by atoms with E-state index in [0.29, 0.717) is 60.1 Å². The van der Waals surface area contributed by atoms with Gasteiger partial charge in [0.05, 0.1) is 23.7 Å². The summed E-state index contributed by atoms with van der Waals surface area (Å²) in [4.78, 5) is 32.0. The first kappa shape index (κ1) is 23.6. The van der Waals surface area contributed by atoms with E-state index in [1.165, 1.54) is 0 Å². The van der Waals surface area contributed by atoms with Crippen molar-refractivity contribution in [1.82, 2.24) is 9.88 Å². The van der Waals surface area contributed by atoms with Gasteiger partial charge in [0.25, 0.3) is 5.91 Å². The Balaban J connectivity index is 1.96. The van der Waals surface area contributed by atoms with Gasteiger partial charge in [-0.3, -0.25) is 9.59 Å². The standard InChI is InChI=1S/C24H28Cl2N2O3/c1-5-7-10-31-23-18(14(3)11-15(4)27-23)13-28-9-8-16-19(25)12-17(20(29)6-2)22(26)21(16)24(28)30/h11-12H,5-10,13H2,1-4H3. The average molecular weight is 463 g/mol. The summed E-state index contributed by atoms with van der Waals surface area (Å²) in [5.41, 5.74) is 4.14. The van der Waals surface area contributed by atoms with E-state index in [-0.39, 0.29) is 16.7 Å². The maximum atomic E-state index is 13.4. The molecule has 0 unspecified atom stereocenters. The molecule has 0 aliphatic carbocycles. The average Bonchev–Trinajstić information content (AvgIpc) is 2.73. The number of nitrogens with zero attached hydrogens (tertiary/aromatic N) is 2. The van der Waals surface area contributed by atoms with E-state index < -0.39 is 0 Å². The zero-order valence-electron chi connectivity index (χ0n) is 18.5. The number of hydrogen-bond donors (Lipinski definition) is 0. The fourth-order valence-corrected chi connectivity index (χ4v) is 4.48. The topological polar surface area (TPSA) is 59.5 Å². The number of hydrogen-bond acceptors (Lipinski definition) is 4. The summed E-state index contributed by atoms with van der Waals surface area (Å²) in [7, 11) is 0. The number of unbranched alkanes of at least 4 members (excludes halogenated alkanes) is 1. The van der Waals surface area contributed by atoms with Crippen LogP contribution in [-0.2, 0) is 13.0 Å². The van der Waals surface area contributed by atoms with E-state index in [0.717, 1.165) is 29.7 Å². The lowest BCUT2D eigenvalue weighted by Crippen LogP contribution is -2.38. The number of rotatable bonds is 8. The third kappa shape index (κ3) is 4.88. The molecule has 1 aromatic heterocycles. The highest BCUT2D eigenvalue weighted by Crippen LogP contribution is 2.36. The predicted octanol–water partition coefficient (Wildman–Crippen LogP) is 5.98. The number of Topliss-reactive ketones (excluding diaryl/α,β-unsaturated/α-hetero) is 1. The Labute approximate surface area is 193 Å². The van der Waals surface area contributed by atoms with Crippen LogP contribution in [0.2, 0.25) is 10.0 Å². The largest absolute Gasteiger partial charge is 0.477 e. The molecule has 7 heteroatoms. The number of carbonyl (C=O) groups excluding carboxylic acids is 2. The van der Waals surface area contributed by atoms with Crippen molar-refractivity contribution in [2.24, 2.45) is 0 Å². The smallest absolute Gasteiger partial charge is 0.256 e. The molecule has 5 nitrogen and oxygen atoms in total. The number of ether oxygens (including phenoxy) is 1. The molecule has 0 saturated heterocycles. The Morgan fingerprint density at radius 2 is 1.97 bits per heavy atom. The normalized spacial score (nSPS) is 13.4. The first-order valence-corrected chi connectivity index (χ1v) is 11.5. The van der Waals surface area contributed by atoms with Gasteiger partial charge in [-0.15, -0.1) is 0 Å². The molecule has 3 rings (SSSR count). The van der Waals surface area contributed by atoms with Gasteiger partial charge in [-0.05, 0) is 49.9 Å². The third-order valence-corrected chi connectivity index (χ3v) is 6.32. The van der Waals surface area contributed by atoms with Crippen molar-refractivity contribution in [3.8, 4) is 5.88 Å². The van der Waals surface area contributed by atoms with Crippen LogP contribution >= 0.6 is 23.2 Å². The van der Waals surface area contributed by atoms with E-state index in [1.807, 2.05) is 19.9 Å². The van der Waals surface area contributed by atoms with Crippen LogP contribution in [0.5, 0.6) is 5.88 Å². The van der Waals surface area contributed by atoms with Gasteiger partial charge >= 0.3 is 0 Å². The summed E-state index contributed by atoms with van der Waals surface area (Å²) >= 11 is 13.0. The van der Waals surface area contributed by atoms with Crippen molar-refractivity contribution < 1.29 is 14.3 Å². The first-order chi connectivity index (χ1) is 14.8. The molecule has 0 atom stereocenters. The molecular formula is C24H28Cl2N2O3. The Morgan fingerprint density at radius 1 is 1.23 bits per heavy atom. The molecule has 166 valence electrons.